The number of carbonyl (C=O) groups excluding carboxylic acids is 2. The molecule has 10 nitrogen and oxygen atoms in total. The summed E-state index contributed by atoms with van der Waals surface area (Å²) in [6.45, 7) is 2.74. The Hall–Kier alpha value is 2.35. The summed E-state index contributed by atoms with van der Waals surface area (Å²) in [4.78, 5) is 21.8. The zero-order valence-electron chi connectivity index (χ0n) is 22.6. The first-order valence-corrected chi connectivity index (χ1v) is 14.2. The molecule has 0 bridgehead atoms. The van der Waals surface area contributed by atoms with Gasteiger partial charge in [0.1, 0.15) is 0 Å². The van der Waals surface area contributed by atoms with Gasteiger partial charge in [-0.25, -0.2) is 8.42 Å². The first kappa shape index (κ1) is 48.1. The molecule has 2 unspecified atom stereocenters. The van der Waals surface area contributed by atoms with Crippen LogP contribution in [0, 0.1) is 0 Å². The first-order chi connectivity index (χ1) is 16.1. The summed E-state index contributed by atoms with van der Waals surface area (Å²) in [5, 5.41) is 0. The molecule has 14 heteroatoms. The molecule has 0 spiro atoms. The van der Waals surface area contributed by atoms with Crippen molar-refractivity contribution in [2.45, 2.75) is 122 Å². The molecule has 0 heterocycles. The minimum atomic E-state index is -2.86. The van der Waals surface area contributed by atoms with E-state index in [9.17, 15) is 9.59 Å². The van der Waals surface area contributed by atoms with E-state index in [4.69, 9.17) is 37.1 Å². The van der Waals surface area contributed by atoms with Crippen LogP contribution in [0.1, 0.15) is 122 Å². The monoisotopic (exact) mass is 609 g/mol. The molecule has 0 aliphatic heterocycles. The molecule has 4 N–H and O–H groups in total. The Balaban J connectivity index is -0.000000278. The van der Waals surface area contributed by atoms with E-state index in [2.05, 4.69) is 6.92 Å². The number of primary amides is 1. The van der Waals surface area contributed by atoms with Crippen molar-refractivity contribution < 1.29 is 144 Å². The van der Waals surface area contributed by atoms with Crippen molar-refractivity contribution in [1.82, 2.24) is 0 Å². The topological polar surface area (TPSA) is 190 Å². The van der Waals surface area contributed by atoms with Crippen molar-refractivity contribution in [3.63, 3.8) is 0 Å². The Labute approximate surface area is 308 Å². The summed E-state index contributed by atoms with van der Waals surface area (Å²) in [5.74, 6) is -0.769. The smallest absolute Gasteiger partial charge is 0.750 e. The Morgan fingerprint density at radius 1 is 0.667 bits per heavy atom. The molecule has 206 valence electrons. The van der Waals surface area contributed by atoms with Gasteiger partial charge in [0.2, 0.25) is 5.91 Å². The van der Waals surface area contributed by atoms with Gasteiger partial charge in [0.15, 0.2) is 0 Å². The SMILES string of the molecule is CCCCCCCCCCCCCCCCCCOC(=O)CCC(N)=O.O=S([O-])O.O=S([O-])O.[K+].[K+]. The first-order valence-electron chi connectivity index (χ1n) is 12.1. The Morgan fingerprint density at radius 2 is 0.944 bits per heavy atom. The zero-order valence-corrected chi connectivity index (χ0v) is 30.5. The normalized spacial score (nSPS) is 11.2. The summed E-state index contributed by atoms with van der Waals surface area (Å²) in [6, 6.07) is 0. The third-order valence-corrected chi connectivity index (χ3v) is 4.84. The van der Waals surface area contributed by atoms with Gasteiger partial charge in [0.05, 0.1) is 35.8 Å². The largest absolute Gasteiger partial charge is 1.00 e. The van der Waals surface area contributed by atoms with Gasteiger partial charge < -0.3 is 28.7 Å². The summed E-state index contributed by atoms with van der Waals surface area (Å²) >= 11 is -5.72. The van der Waals surface area contributed by atoms with Crippen molar-refractivity contribution in [3.05, 3.63) is 0 Å². The summed E-state index contributed by atoms with van der Waals surface area (Å²) in [7, 11) is 0. The third-order valence-electron chi connectivity index (χ3n) is 4.84. The summed E-state index contributed by atoms with van der Waals surface area (Å²) < 4.78 is 53.2. The van der Waals surface area contributed by atoms with Crippen LogP contribution >= 0.6 is 0 Å². The second-order valence-corrected chi connectivity index (χ2v) is 8.79. The molecule has 0 aromatic carbocycles. The average molecular weight is 610 g/mol. The minimum absolute atomic E-state index is 0. The van der Waals surface area contributed by atoms with Gasteiger partial charge >= 0.3 is 109 Å². The third kappa shape index (κ3) is 65.4. The van der Waals surface area contributed by atoms with Gasteiger partial charge in [-0.3, -0.25) is 9.59 Å². The van der Waals surface area contributed by atoms with Crippen molar-refractivity contribution >= 4 is 34.6 Å². The van der Waals surface area contributed by atoms with E-state index in [1.54, 1.807) is 0 Å². The second-order valence-electron chi connectivity index (χ2n) is 7.92. The number of amides is 1. The number of rotatable bonds is 20. The molecule has 0 aliphatic carbocycles. The maximum atomic E-state index is 11.3. The maximum Gasteiger partial charge on any atom is 1.00 e. The van der Waals surface area contributed by atoms with E-state index >= 15 is 0 Å². The van der Waals surface area contributed by atoms with Crippen LogP contribution in [0.5, 0.6) is 0 Å². The molecule has 36 heavy (non-hydrogen) atoms. The zero-order chi connectivity index (χ0) is 26.5. The van der Waals surface area contributed by atoms with Crippen LogP contribution in [0.15, 0.2) is 0 Å². The number of carbonyl (C=O) groups is 2. The quantitative estimate of drug-likeness (QED) is 0.0655. The van der Waals surface area contributed by atoms with Gasteiger partial charge in [-0.2, -0.15) is 0 Å². The number of unbranched alkanes of at least 4 members (excludes halogenated alkanes) is 15. The molecule has 0 aliphatic rings. The van der Waals surface area contributed by atoms with Crippen molar-refractivity contribution in [1.29, 1.82) is 0 Å². The molecular formula is C22H45K2NO9S2. The number of hydrogen-bond donors (Lipinski definition) is 3. The van der Waals surface area contributed by atoms with E-state index in [0.29, 0.717) is 6.61 Å². The van der Waals surface area contributed by atoms with Gasteiger partial charge in [-0.15, -0.1) is 0 Å². The molecule has 2 atom stereocenters. The molecular weight excluding hydrogens is 565 g/mol. The van der Waals surface area contributed by atoms with Crippen molar-refractivity contribution in [2.75, 3.05) is 6.61 Å². The van der Waals surface area contributed by atoms with E-state index in [1.807, 2.05) is 0 Å². The molecule has 0 saturated carbocycles. The predicted molar refractivity (Wildman–Crippen MR) is 132 cm³/mol. The van der Waals surface area contributed by atoms with E-state index in [0.717, 1.165) is 12.8 Å². The van der Waals surface area contributed by atoms with Crippen LogP contribution in [0.25, 0.3) is 0 Å². The van der Waals surface area contributed by atoms with Crippen LogP contribution in [0.2, 0.25) is 0 Å². The molecule has 0 aromatic rings. The minimum Gasteiger partial charge on any atom is -0.750 e. The van der Waals surface area contributed by atoms with Crippen LogP contribution < -0.4 is 109 Å². The number of ether oxygens (including phenoxy) is 1. The van der Waals surface area contributed by atoms with E-state index in [-0.39, 0.29) is 122 Å². The molecule has 0 radical (unpaired) electrons. The van der Waals surface area contributed by atoms with Crippen LogP contribution in [0.3, 0.4) is 0 Å². The van der Waals surface area contributed by atoms with Crippen LogP contribution in [-0.2, 0) is 37.0 Å². The fourth-order valence-corrected chi connectivity index (χ4v) is 3.13. The fraction of sp³-hybridized carbons (Fsp3) is 0.909. The molecule has 1 amide bonds. The number of nitrogens with two attached hydrogens (primary N) is 1. The molecule has 0 fully saturated rings. The van der Waals surface area contributed by atoms with Gasteiger partial charge in [0, 0.05) is 6.42 Å². The number of esters is 1. The summed E-state index contributed by atoms with van der Waals surface area (Å²) in [6.07, 6.45) is 21.5. The Bertz CT molecular complexity index is 500. The van der Waals surface area contributed by atoms with Gasteiger partial charge in [-0.05, 0) is 6.42 Å². The van der Waals surface area contributed by atoms with Crippen molar-refractivity contribution in [3.8, 4) is 0 Å². The molecule has 0 aromatic heterocycles. The molecule has 0 rings (SSSR count). The van der Waals surface area contributed by atoms with Gasteiger partial charge in [0.25, 0.3) is 0 Å². The Morgan fingerprint density at radius 3 is 1.22 bits per heavy atom. The predicted octanol–water partition coefficient (Wildman–Crippen LogP) is -1.26. The van der Waals surface area contributed by atoms with Crippen LogP contribution in [-0.4, -0.2) is 45.1 Å². The van der Waals surface area contributed by atoms with Crippen molar-refractivity contribution in [2.24, 2.45) is 5.73 Å². The Kier molecular flexibility index (Phi) is 55.9. The van der Waals surface area contributed by atoms with Gasteiger partial charge in [-0.1, -0.05) is 103 Å². The number of hydrogen-bond acceptors (Lipinski definition) is 7. The van der Waals surface area contributed by atoms with Crippen LogP contribution in [0.4, 0.5) is 0 Å². The fourth-order valence-electron chi connectivity index (χ4n) is 3.13. The average Bonchev–Trinajstić information content (AvgIpc) is 2.73. The van der Waals surface area contributed by atoms with E-state index in [1.165, 1.54) is 89.9 Å². The standard InChI is InChI=1S/C22H43NO3.2K.2H2O3S/c1-2-3-4-5-6-7-8-9-10-11-12-13-14-15-16-17-20-26-22(25)19-18-21(23)24;;;2*1-4(2)3/h2-20H2,1H3,(H2,23,24);;;2*(H2,1,2,3)/q;2*+1;;/p-2. The van der Waals surface area contributed by atoms with E-state index < -0.39 is 28.6 Å². The second kappa shape index (κ2) is 41.8. The maximum absolute atomic E-state index is 11.3. The summed E-state index contributed by atoms with van der Waals surface area (Å²) in [5.41, 5.74) is 4.99. The molecule has 0 saturated heterocycles.